The van der Waals surface area contributed by atoms with Gasteiger partial charge >= 0.3 is 0 Å². The lowest BCUT2D eigenvalue weighted by molar-refractivity contribution is -0.115. The van der Waals surface area contributed by atoms with Crippen LogP contribution in [0.5, 0.6) is 17.2 Å². The largest absolute Gasteiger partial charge is 0.493 e. The number of nitrogens with zero attached hydrogens (tertiary/aromatic N) is 4. The molecule has 0 fully saturated rings. The second-order valence-electron chi connectivity index (χ2n) is 6.83. The van der Waals surface area contributed by atoms with Gasteiger partial charge in [-0.15, -0.1) is 5.10 Å². The van der Waals surface area contributed by atoms with Crippen LogP contribution in [0.25, 0.3) is 11.4 Å². The van der Waals surface area contributed by atoms with Gasteiger partial charge in [-0.2, -0.15) is 4.98 Å². The van der Waals surface area contributed by atoms with Crippen LogP contribution in [0.1, 0.15) is 18.5 Å². The molecule has 0 bridgehead atoms. The van der Waals surface area contributed by atoms with Gasteiger partial charge in [0, 0.05) is 23.7 Å². The third-order valence-corrected chi connectivity index (χ3v) is 5.04. The van der Waals surface area contributed by atoms with Gasteiger partial charge in [-0.05, 0) is 30.7 Å². The van der Waals surface area contributed by atoms with Crippen LogP contribution in [0.2, 0.25) is 0 Å². The third kappa shape index (κ3) is 3.41. The molecule has 0 aliphatic carbocycles. The summed E-state index contributed by atoms with van der Waals surface area (Å²) >= 11 is 0. The average molecular weight is 422 g/mol. The number of methoxy groups -OCH3 is 3. The monoisotopic (exact) mass is 422 g/mol. The van der Waals surface area contributed by atoms with E-state index in [1.54, 1.807) is 56.4 Å². The minimum Gasteiger partial charge on any atom is -0.493 e. The number of allylic oxidation sites excluding steroid dienone is 1. The Balaban J connectivity index is 1.88. The Labute approximate surface area is 178 Å². The van der Waals surface area contributed by atoms with Gasteiger partial charge in [0.15, 0.2) is 17.3 Å². The van der Waals surface area contributed by atoms with E-state index in [0.29, 0.717) is 45.9 Å². The fourth-order valence-electron chi connectivity index (χ4n) is 3.65. The van der Waals surface area contributed by atoms with Crippen LogP contribution in [0.15, 0.2) is 47.9 Å². The van der Waals surface area contributed by atoms with Crippen LogP contribution in [-0.2, 0) is 4.79 Å². The normalized spacial score (nSPS) is 15.2. The first-order valence-corrected chi connectivity index (χ1v) is 9.43. The molecule has 2 aromatic heterocycles. The van der Waals surface area contributed by atoms with E-state index in [9.17, 15) is 4.79 Å². The van der Waals surface area contributed by atoms with E-state index in [4.69, 9.17) is 19.9 Å². The second-order valence-corrected chi connectivity index (χ2v) is 6.83. The van der Waals surface area contributed by atoms with E-state index >= 15 is 0 Å². The van der Waals surface area contributed by atoms with Gasteiger partial charge in [0.25, 0.3) is 0 Å². The Hall–Kier alpha value is -4.08. The van der Waals surface area contributed by atoms with Crippen molar-refractivity contribution in [3.63, 3.8) is 0 Å². The highest BCUT2D eigenvalue weighted by molar-refractivity contribution is 5.95. The van der Waals surface area contributed by atoms with Crippen molar-refractivity contribution in [1.82, 2.24) is 19.7 Å². The fraction of sp³-hybridized carbons (Fsp3) is 0.238. The molecule has 31 heavy (non-hydrogen) atoms. The standard InChI is InChI=1S/C21H22N6O4/c1-11-16(19(22)28)17(12-6-5-7-23-10-12)27-21(24-11)25-20(26-27)13-8-14(29-2)18(31-4)15(9-13)30-3/h5-10,17H,1-4H3,(H2,22,28)(H,24,25,26). The number of benzene rings is 1. The molecular weight excluding hydrogens is 400 g/mol. The summed E-state index contributed by atoms with van der Waals surface area (Å²) in [5, 5.41) is 7.80. The molecular formula is C21H22N6O4. The average Bonchev–Trinajstić information content (AvgIpc) is 3.20. The first-order chi connectivity index (χ1) is 15.0. The van der Waals surface area contributed by atoms with E-state index in [-0.39, 0.29) is 0 Å². The molecule has 1 atom stereocenters. The lowest BCUT2D eigenvalue weighted by Crippen LogP contribution is -2.31. The van der Waals surface area contributed by atoms with Crippen molar-refractivity contribution in [2.45, 2.75) is 13.0 Å². The summed E-state index contributed by atoms with van der Waals surface area (Å²) in [6.07, 6.45) is 3.34. The molecule has 0 saturated carbocycles. The van der Waals surface area contributed by atoms with Gasteiger partial charge in [0.05, 0.1) is 26.9 Å². The van der Waals surface area contributed by atoms with Gasteiger partial charge < -0.3 is 25.3 Å². The number of anilines is 1. The number of carbonyl (C=O) groups is 1. The minimum atomic E-state index is -0.564. The second kappa shape index (κ2) is 7.98. The zero-order valence-electron chi connectivity index (χ0n) is 17.5. The molecule has 10 heteroatoms. The van der Waals surface area contributed by atoms with Gasteiger partial charge in [0.1, 0.15) is 6.04 Å². The number of nitrogens with two attached hydrogens (primary N) is 1. The Morgan fingerprint density at radius 2 is 1.87 bits per heavy atom. The third-order valence-electron chi connectivity index (χ3n) is 5.04. The first-order valence-electron chi connectivity index (χ1n) is 9.43. The number of nitrogens with one attached hydrogen (secondary N) is 1. The number of fused-ring (bicyclic) bond motifs is 1. The number of aromatic nitrogens is 4. The molecule has 0 spiro atoms. The van der Waals surface area contributed by atoms with Crippen molar-refractivity contribution in [1.29, 1.82) is 0 Å². The maximum atomic E-state index is 12.3. The summed E-state index contributed by atoms with van der Waals surface area (Å²) < 4.78 is 17.9. The van der Waals surface area contributed by atoms with E-state index in [2.05, 4.69) is 20.4 Å². The van der Waals surface area contributed by atoms with Crippen LogP contribution in [0.4, 0.5) is 5.95 Å². The Kier molecular flexibility index (Phi) is 5.20. The number of primary amides is 1. The molecule has 1 unspecified atom stereocenters. The highest BCUT2D eigenvalue weighted by Crippen LogP contribution is 2.42. The van der Waals surface area contributed by atoms with Crippen LogP contribution >= 0.6 is 0 Å². The molecule has 10 nitrogen and oxygen atoms in total. The van der Waals surface area contributed by atoms with Crippen LogP contribution < -0.4 is 25.3 Å². The summed E-state index contributed by atoms with van der Waals surface area (Å²) in [5.41, 5.74) is 8.12. The van der Waals surface area contributed by atoms with Crippen molar-refractivity contribution in [2.24, 2.45) is 5.73 Å². The number of hydrogen-bond acceptors (Lipinski definition) is 8. The highest BCUT2D eigenvalue weighted by atomic mass is 16.5. The lowest BCUT2D eigenvalue weighted by atomic mass is 9.97. The Bertz CT molecular complexity index is 1150. The quantitative estimate of drug-likeness (QED) is 0.619. The van der Waals surface area contributed by atoms with Gasteiger partial charge in [-0.1, -0.05) is 6.07 Å². The van der Waals surface area contributed by atoms with Gasteiger partial charge in [0.2, 0.25) is 17.6 Å². The molecule has 1 aliphatic rings. The lowest BCUT2D eigenvalue weighted by Gasteiger charge is -2.27. The van der Waals surface area contributed by atoms with Crippen LogP contribution in [-0.4, -0.2) is 47.0 Å². The van der Waals surface area contributed by atoms with Crippen LogP contribution in [0, 0.1) is 0 Å². The zero-order valence-corrected chi connectivity index (χ0v) is 17.5. The van der Waals surface area contributed by atoms with Crippen molar-refractivity contribution in [3.05, 3.63) is 53.5 Å². The van der Waals surface area contributed by atoms with E-state index in [0.717, 1.165) is 5.56 Å². The zero-order chi connectivity index (χ0) is 22.1. The number of hydrogen-bond donors (Lipinski definition) is 2. The summed E-state index contributed by atoms with van der Waals surface area (Å²) in [6.45, 7) is 1.78. The number of amides is 1. The summed E-state index contributed by atoms with van der Waals surface area (Å²) in [6, 6.07) is 6.62. The topological polar surface area (TPSA) is 126 Å². The maximum Gasteiger partial charge on any atom is 0.248 e. The SMILES string of the molecule is COc1cc(-c2nc3n(n2)C(c2cccnc2)C(C(N)=O)=C(C)N3)cc(OC)c1OC. The minimum absolute atomic E-state index is 0.391. The van der Waals surface area contributed by atoms with Gasteiger partial charge in [-0.25, -0.2) is 4.68 Å². The predicted octanol–water partition coefficient (Wildman–Crippen LogP) is 2.14. The number of ether oxygens (including phenoxy) is 3. The molecule has 4 rings (SSSR count). The predicted molar refractivity (Wildman–Crippen MR) is 113 cm³/mol. The fourth-order valence-corrected chi connectivity index (χ4v) is 3.65. The molecule has 0 saturated heterocycles. The van der Waals surface area contributed by atoms with Crippen molar-refractivity contribution < 1.29 is 19.0 Å². The van der Waals surface area contributed by atoms with Gasteiger partial charge in [-0.3, -0.25) is 9.78 Å². The molecule has 3 aromatic rings. The van der Waals surface area contributed by atoms with E-state index < -0.39 is 11.9 Å². The molecule has 3 heterocycles. The van der Waals surface area contributed by atoms with Crippen molar-refractivity contribution in [2.75, 3.05) is 26.6 Å². The number of rotatable bonds is 6. The summed E-state index contributed by atoms with van der Waals surface area (Å²) in [4.78, 5) is 21.1. The highest BCUT2D eigenvalue weighted by Gasteiger charge is 2.33. The van der Waals surface area contributed by atoms with Crippen molar-refractivity contribution >= 4 is 11.9 Å². The molecule has 0 radical (unpaired) electrons. The maximum absolute atomic E-state index is 12.3. The molecule has 3 N–H and O–H groups in total. The van der Waals surface area contributed by atoms with Crippen molar-refractivity contribution in [3.8, 4) is 28.6 Å². The van der Waals surface area contributed by atoms with E-state index in [1.165, 1.54) is 7.11 Å². The number of pyridine rings is 1. The summed E-state index contributed by atoms with van der Waals surface area (Å²) in [7, 11) is 4.62. The van der Waals surface area contributed by atoms with E-state index in [1.807, 2.05) is 6.07 Å². The molecule has 1 aromatic carbocycles. The molecule has 1 aliphatic heterocycles. The van der Waals surface area contributed by atoms with Crippen LogP contribution in [0.3, 0.4) is 0 Å². The Morgan fingerprint density at radius 3 is 2.42 bits per heavy atom. The summed E-state index contributed by atoms with van der Waals surface area (Å²) in [5.74, 6) is 1.77. The molecule has 160 valence electrons. The smallest absolute Gasteiger partial charge is 0.248 e. The molecule has 1 amide bonds. The first kappa shape index (κ1) is 20.2. The number of carbonyl (C=O) groups excluding carboxylic acids is 1. The Morgan fingerprint density at radius 1 is 1.16 bits per heavy atom.